The van der Waals surface area contributed by atoms with Crippen LogP contribution >= 0.6 is 15.9 Å². The highest BCUT2D eigenvalue weighted by Crippen LogP contribution is 2.37. The maximum atomic E-state index is 10.6. The van der Waals surface area contributed by atoms with Gasteiger partial charge in [0.15, 0.2) is 0 Å². The zero-order valence-corrected chi connectivity index (χ0v) is 11.8. The predicted molar refractivity (Wildman–Crippen MR) is 73.0 cm³/mol. The van der Waals surface area contributed by atoms with E-state index >= 15 is 0 Å². The van der Waals surface area contributed by atoms with Gasteiger partial charge in [0.05, 0.1) is 4.47 Å². The molecule has 1 aliphatic carbocycles. The van der Waals surface area contributed by atoms with Gasteiger partial charge in [0.1, 0.15) is 5.75 Å². The van der Waals surface area contributed by atoms with Gasteiger partial charge in [-0.25, -0.2) is 0 Å². The monoisotopic (exact) mass is 312 g/mol. The molecule has 0 atom stereocenters. The Kier molecular flexibility index (Phi) is 4.27. The van der Waals surface area contributed by atoms with Crippen molar-refractivity contribution in [1.82, 2.24) is 0 Å². The van der Waals surface area contributed by atoms with Gasteiger partial charge in [0, 0.05) is 6.42 Å². The number of aromatic hydroxyl groups is 1. The van der Waals surface area contributed by atoms with Crippen LogP contribution in [0.4, 0.5) is 0 Å². The van der Waals surface area contributed by atoms with Gasteiger partial charge in [0.2, 0.25) is 0 Å². The fraction of sp³-hybridized carbons (Fsp3) is 0.500. The van der Waals surface area contributed by atoms with Crippen LogP contribution < -0.4 is 0 Å². The Morgan fingerprint density at radius 3 is 2.72 bits per heavy atom. The summed E-state index contributed by atoms with van der Waals surface area (Å²) < 4.78 is 0.766. The zero-order valence-electron chi connectivity index (χ0n) is 10.2. The fourth-order valence-electron chi connectivity index (χ4n) is 2.51. The first kappa shape index (κ1) is 13.4. The molecule has 0 aliphatic heterocycles. The largest absolute Gasteiger partial charge is 0.506 e. The number of phenolic OH excluding ortho intramolecular Hbond substituents is 1. The molecule has 0 radical (unpaired) electrons. The molecule has 0 unspecified atom stereocenters. The molecule has 1 aromatic carbocycles. The summed E-state index contributed by atoms with van der Waals surface area (Å²) in [6, 6.07) is 1.99. The van der Waals surface area contributed by atoms with Crippen molar-refractivity contribution in [2.24, 2.45) is 0 Å². The molecule has 1 aromatic rings. The molecular weight excluding hydrogens is 296 g/mol. The minimum absolute atomic E-state index is 0.0544. The number of rotatable bonds is 3. The zero-order chi connectivity index (χ0) is 13.1. The van der Waals surface area contributed by atoms with Crippen molar-refractivity contribution in [2.45, 2.75) is 44.9 Å². The molecular formula is C14H17BrO3. The average molecular weight is 313 g/mol. The van der Waals surface area contributed by atoms with Crippen LogP contribution in [0.2, 0.25) is 0 Å². The third-order valence-electron chi connectivity index (χ3n) is 3.49. The second-order valence-corrected chi connectivity index (χ2v) is 5.58. The van der Waals surface area contributed by atoms with Gasteiger partial charge in [-0.05, 0) is 64.7 Å². The van der Waals surface area contributed by atoms with Gasteiger partial charge in [-0.2, -0.15) is 0 Å². The van der Waals surface area contributed by atoms with Gasteiger partial charge in [-0.1, -0.05) is 12.5 Å². The smallest absolute Gasteiger partial charge is 0.303 e. The van der Waals surface area contributed by atoms with Gasteiger partial charge >= 0.3 is 5.97 Å². The van der Waals surface area contributed by atoms with Gasteiger partial charge in [-0.3, -0.25) is 4.79 Å². The van der Waals surface area contributed by atoms with E-state index in [1.54, 1.807) is 0 Å². The summed E-state index contributed by atoms with van der Waals surface area (Å²) in [5, 5.41) is 18.8. The molecule has 1 aliphatic rings. The van der Waals surface area contributed by atoms with Gasteiger partial charge in [-0.15, -0.1) is 0 Å². The Morgan fingerprint density at radius 2 is 2.00 bits per heavy atom. The number of carboxylic acids is 1. The first-order valence-corrected chi connectivity index (χ1v) is 7.12. The number of carboxylic acid groups (broad SMARTS) is 1. The summed E-state index contributed by atoms with van der Waals surface area (Å²) in [4.78, 5) is 10.6. The van der Waals surface area contributed by atoms with Crippen LogP contribution in [0, 0.1) is 0 Å². The maximum absolute atomic E-state index is 10.6. The van der Waals surface area contributed by atoms with E-state index in [0.717, 1.165) is 29.3 Å². The summed E-state index contributed by atoms with van der Waals surface area (Å²) in [5.74, 6) is -0.614. The van der Waals surface area contributed by atoms with E-state index in [9.17, 15) is 9.90 Å². The van der Waals surface area contributed by atoms with Crippen molar-refractivity contribution < 1.29 is 15.0 Å². The van der Waals surface area contributed by atoms with Crippen LogP contribution in [0.5, 0.6) is 5.75 Å². The summed E-state index contributed by atoms with van der Waals surface area (Å²) >= 11 is 3.46. The minimum Gasteiger partial charge on any atom is -0.506 e. The molecule has 2 N–H and O–H groups in total. The number of fused-ring (bicyclic) bond motifs is 1. The van der Waals surface area contributed by atoms with Crippen LogP contribution in [-0.4, -0.2) is 16.2 Å². The highest BCUT2D eigenvalue weighted by atomic mass is 79.9. The Hall–Kier alpha value is -1.03. The Bertz CT molecular complexity index is 469. The molecule has 0 heterocycles. The van der Waals surface area contributed by atoms with E-state index in [1.165, 1.54) is 24.0 Å². The van der Waals surface area contributed by atoms with Crippen molar-refractivity contribution in [3.63, 3.8) is 0 Å². The lowest BCUT2D eigenvalue weighted by atomic mass is 9.97. The molecule has 0 bridgehead atoms. The quantitative estimate of drug-likeness (QED) is 0.841. The standard InChI is InChI=1S/C14H17BrO3/c15-13-11-5-3-1-2-4-9(11)8-10(14(13)18)6-7-12(16)17/h8,18H,1-7H2,(H,16,17). The highest BCUT2D eigenvalue weighted by Gasteiger charge is 2.17. The predicted octanol–water partition coefficient (Wildman–Crippen LogP) is 3.44. The van der Waals surface area contributed by atoms with E-state index in [4.69, 9.17) is 5.11 Å². The number of hydrogen-bond acceptors (Lipinski definition) is 2. The topological polar surface area (TPSA) is 57.5 Å². The minimum atomic E-state index is -0.833. The molecule has 0 aromatic heterocycles. The molecule has 98 valence electrons. The van der Waals surface area contributed by atoms with Gasteiger partial charge in [0.25, 0.3) is 0 Å². The Labute approximate surface area is 115 Å². The van der Waals surface area contributed by atoms with E-state index in [2.05, 4.69) is 15.9 Å². The van der Waals surface area contributed by atoms with Crippen molar-refractivity contribution in [3.05, 3.63) is 27.2 Å². The third kappa shape index (κ3) is 2.86. The molecule has 0 spiro atoms. The van der Waals surface area contributed by atoms with Crippen LogP contribution in [0.15, 0.2) is 10.5 Å². The van der Waals surface area contributed by atoms with Crippen molar-refractivity contribution in [2.75, 3.05) is 0 Å². The number of carbonyl (C=O) groups is 1. The number of halogens is 1. The van der Waals surface area contributed by atoms with Crippen molar-refractivity contribution in [3.8, 4) is 5.75 Å². The average Bonchev–Trinajstić information content (AvgIpc) is 2.57. The Balaban J connectivity index is 2.34. The lowest BCUT2D eigenvalue weighted by Gasteiger charge is -2.14. The van der Waals surface area contributed by atoms with Crippen LogP contribution in [0.25, 0.3) is 0 Å². The van der Waals surface area contributed by atoms with E-state index < -0.39 is 5.97 Å². The Morgan fingerprint density at radius 1 is 1.28 bits per heavy atom. The summed E-state index contributed by atoms with van der Waals surface area (Å²) in [7, 11) is 0. The number of hydrogen-bond donors (Lipinski definition) is 2. The number of aryl methyl sites for hydroxylation is 2. The highest BCUT2D eigenvalue weighted by molar-refractivity contribution is 9.10. The van der Waals surface area contributed by atoms with Crippen LogP contribution in [0.1, 0.15) is 42.4 Å². The SMILES string of the molecule is O=C(O)CCc1cc2c(c(Br)c1O)CCCCC2. The van der Waals surface area contributed by atoms with E-state index in [0.29, 0.717) is 6.42 Å². The molecule has 18 heavy (non-hydrogen) atoms. The molecule has 0 fully saturated rings. The second-order valence-electron chi connectivity index (χ2n) is 4.79. The molecule has 3 nitrogen and oxygen atoms in total. The van der Waals surface area contributed by atoms with Crippen molar-refractivity contribution >= 4 is 21.9 Å². The number of phenols is 1. The van der Waals surface area contributed by atoms with E-state index in [1.807, 2.05) is 6.07 Å². The first-order chi connectivity index (χ1) is 8.59. The molecule has 0 saturated heterocycles. The maximum Gasteiger partial charge on any atom is 0.303 e. The van der Waals surface area contributed by atoms with Gasteiger partial charge < -0.3 is 10.2 Å². The molecule has 0 amide bonds. The molecule has 0 saturated carbocycles. The first-order valence-electron chi connectivity index (χ1n) is 6.33. The lowest BCUT2D eigenvalue weighted by Crippen LogP contribution is -2.01. The van der Waals surface area contributed by atoms with E-state index in [-0.39, 0.29) is 12.2 Å². The summed E-state index contributed by atoms with van der Waals surface area (Å²) in [6.07, 6.45) is 5.98. The van der Waals surface area contributed by atoms with Crippen LogP contribution in [-0.2, 0) is 24.1 Å². The molecule has 2 rings (SSSR count). The summed E-state index contributed by atoms with van der Waals surface area (Å²) in [5.41, 5.74) is 3.20. The fourth-order valence-corrected chi connectivity index (χ4v) is 3.22. The van der Waals surface area contributed by atoms with Crippen LogP contribution in [0.3, 0.4) is 0 Å². The number of benzene rings is 1. The van der Waals surface area contributed by atoms with Crippen molar-refractivity contribution in [1.29, 1.82) is 0 Å². The lowest BCUT2D eigenvalue weighted by molar-refractivity contribution is -0.136. The third-order valence-corrected chi connectivity index (χ3v) is 4.35. The molecule has 4 heteroatoms. The summed E-state index contributed by atoms with van der Waals surface area (Å²) in [6.45, 7) is 0. The number of aliphatic carboxylic acids is 1. The normalized spacial score (nSPS) is 14.9. The second kappa shape index (κ2) is 5.74.